The second-order valence-corrected chi connectivity index (χ2v) is 8.38. The average Bonchev–Trinajstić information content (AvgIpc) is 3.35. The van der Waals surface area contributed by atoms with Gasteiger partial charge in [-0.25, -0.2) is 9.97 Å². The number of aromatic nitrogens is 4. The van der Waals surface area contributed by atoms with Gasteiger partial charge in [0.15, 0.2) is 5.82 Å². The molecule has 1 aliphatic heterocycles. The van der Waals surface area contributed by atoms with E-state index in [0.29, 0.717) is 17.9 Å². The summed E-state index contributed by atoms with van der Waals surface area (Å²) < 4.78 is 9.88. The molecule has 0 bridgehead atoms. The first-order valence-corrected chi connectivity index (χ1v) is 11.1. The van der Waals surface area contributed by atoms with Crippen LogP contribution in [0.4, 0.5) is 0 Å². The van der Waals surface area contributed by atoms with Crippen LogP contribution in [0.3, 0.4) is 0 Å². The number of imidazole rings is 1. The average molecular weight is 433 g/mol. The van der Waals surface area contributed by atoms with E-state index in [4.69, 9.17) is 15.5 Å². The number of fused-ring (bicyclic) bond motifs is 2. The predicted molar refractivity (Wildman–Crippen MR) is 125 cm³/mol. The monoisotopic (exact) mass is 432 g/mol. The number of amides is 1. The molecule has 0 aliphatic carbocycles. The van der Waals surface area contributed by atoms with Gasteiger partial charge in [-0.3, -0.25) is 4.79 Å². The van der Waals surface area contributed by atoms with Gasteiger partial charge in [0.1, 0.15) is 16.9 Å². The summed E-state index contributed by atoms with van der Waals surface area (Å²) in [6, 6.07) is 9.81. The van der Waals surface area contributed by atoms with Gasteiger partial charge in [0.2, 0.25) is 0 Å². The number of pyridine rings is 1. The summed E-state index contributed by atoms with van der Waals surface area (Å²) in [5, 5.41) is 1.07. The van der Waals surface area contributed by atoms with E-state index in [2.05, 4.69) is 28.6 Å². The second kappa shape index (κ2) is 7.94. The van der Waals surface area contributed by atoms with Gasteiger partial charge >= 0.3 is 0 Å². The van der Waals surface area contributed by atoms with Gasteiger partial charge in [0.05, 0.1) is 18.3 Å². The maximum Gasteiger partial charge on any atom is 0.254 e. The van der Waals surface area contributed by atoms with Gasteiger partial charge in [-0.2, -0.15) is 0 Å². The number of carbonyl (C=O) groups excluding carboxylic acids is 1. The maximum absolute atomic E-state index is 13.2. The molecule has 1 amide bonds. The Bertz CT molecular complexity index is 1320. The molecular formula is C24H28N6O2. The molecule has 166 valence electrons. The van der Waals surface area contributed by atoms with Gasteiger partial charge in [0.25, 0.3) is 5.91 Å². The van der Waals surface area contributed by atoms with Crippen LogP contribution in [0.1, 0.15) is 30.1 Å². The smallest absolute Gasteiger partial charge is 0.254 e. The van der Waals surface area contributed by atoms with E-state index in [1.807, 2.05) is 34.7 Å². The van der Waals surface area contributed by atoms with Crippen LogP contribution >= 0.6 is 0 Å². The number of benzene rings is 1. The number of rotatable bonds is 4. The fourth-order valence-corrected chi connectivity index (χ4v) is 4.79. The molecule has 1 aliphatic rings. The fraction of sp³-hybridized carbons (Fsp3) is 0.375. The number of nitrogens with zero attached hydrogens (tertiary/aromatic N) is 5. The summed E-state index contributed by atoms with van der Waals surface area (Å²) in [7, 11) is 3.60. The Labute approximate surface area is 186 Å². The zero-order valence-electron chi connectivity index (χ0n) is 18.7. The number of ether oxygens (including phenoxy) is 1. The molecule has 0 spiro atoms. The van der Waals surface area contributed by atoms with Crippen LogP contribution in [-0.2, 0) is 13.6 Å². The van der Waals surface area contributed by atoms with Crippen molar-refractivity contribution in [1.29, 1.82) is 0 Å². The summed E-state index contributed by atoms with van der Waals surface area (Å²) in [6.07, 6.45) is 3.69. The molecule has 8 heteroatoms. The van der Waals surface area contributed by atoms with Crippen molar-refractivity contribution in [2.75, 3.05) is 20.2 Å². The minimum Gasteiger partial charge on any atom is -0.494 e. The molecule has 2 N–H and O–H groups in total. The van der Waals surface area contributed by atoms with E-state index in [1.165, 1.54) is 0 Å². The lowest BCUT2D eigenvalue weighted by atomic mass is 10.0. The van der Waals surface area contributed by atoms with Gasteiger partial charge in [-0.05, 0) is 50.1 Å². The van der Waals surface area contributed by atoms with Crippen LogP contribution in [0.25, 0.3) is 33.6 Å². The number of methoxy groups -OCH3 is 1. The maximum atomic E-state index is 13.2. The summed E-state index contributed by atoms with van der Waals surface area (Å²) in [6.45, 7) is 4.18. The minimum absolute atomic E-state index is 0.0283. The number of carbonyl (C=O) groups is 1. The molecule has 1 aromatic carbocycles. The first-order chi connectivity index (χ1) is 15.5. The van der Waals surface area contributed by atoms with Crippen molar-refractivity contribution in [2.45, 2.75) is 32.4 Å². The Kier molecular flexibility index (Phi) is 5.09. The lowest BCUT2D eigenvalue weighted by Gasteiger charge is -2.30. The highest BCUT2D eigenvalue weighted by Crippen LogP contribution is 2.34. The molecule has 32 heavy (non-hydrogen) atoms. The summed E-state index contributed by atoms with van der Waals surface area (Å²) in [5.41, 5.74) is 10.2. The highest BCUT2D eigenvalue weighted by atomic mass is 16.5. The molecule has 5 rings (SSSR count). The fourth-order valence-electron chi connectivity index (χ4n) is 4.79. The number of likely N-dealkylation sites (tertiary alicyclic amines) is 1. The zero-order chi connectivity index (χ0) is 22.4. The van der Waals surface area contributed by atoms with Crippen LogP contribution in [-0.4, -0.2) is 56.2 Å². The van der Waals surface area contributed by atoms with Crippen molar-refractivity contribution < 1.29 is 9.53 Å². The quantitative estimate of drug-likeness (QED) is 0.535. The summed E-state index contributed by atoms with van der Waals surface area (Å²) in [5.74, 6) is 1.41. The first kappa shape index (κ1) is 20.5. The number of nitrogens with two attached hydrogens (primary N) is 1. The van der Waals surface area contributed by atoms with Gasteiger partial charge in [-0.15, -0.1) is 0 Å². The molecule has 0 unspecified atom stereocenters. The Morgan fingerprint density at radius 3 is 2.91 bits per heavy atom. The Morgan fingerprint density at radius 1 is 1.31 bits per heavy atom. The van der Waals surface area contributed by atoms with Gasteiger partial charge in [0, 0.05) is 49.9 Å². The van der Waals surface area contributed by atoms with Crippen molar-refractivity contribution in [2.24, 2.45) is 12.8 Å². The topological polar surface area (TPSA) is 91.2 Å². The minimum atomic E-state index is -0.0283. The van der Waals surface area contributed by atoms with E-state index >= 15 is 0 Å². The van der Waals surface area contributed by atoms with Crippen LogP contribution in [0.5, 0.6) is 5.75 Å². The number of hydrogen-bond acceptors (Lipinski definition) is 5. The van der Waals surface area contributed by atoms with Crippen LogP contribution in [0.2, 0.25) is 0 Å². The standard InChI is InChI=1S/C24H28N6O2/c1-4-30-19(12-15-7-5-9-26-22(15)30)23-27-18-11-16(13-20(32-3)21(18)28(23)2)24(31)29-10-6-8-17(25)14-29/h5,7,9,11-13,17H,4,6,8,10,14,25H2,1-3H3/t17-/m0/s1. The molecule has 1 atom stereocenters. The normalized spacial score (nSPS) is 16.8. The van der Waals surface area contributed by atoms with Crippen LogP contribution in [0, 0.1) is 0 Å². The molecule has 1 saturated heterocycles. The molecule has 1 fully saturated rings. The lowest BCUT2D eigenvalue weighted by molar-refractivity contribution is 0.0708. The molecule has 8 nitrogen and oxygen atoms in total. The van der Waals surface area contributed by atoms with E-state index < -0.39 is 0 Å². The van der Waals surface area contributed by atoms with E-state index in [-0.39, 0.29) is 11.9 Å². The largest absolute Gasteiger partial charge is 0.494 e. The van der Waals surface area contributed by atoms with Crippen molar-refractivity contribution >= 4 is 28.0 Å². The zero-order valence-corrected chi connectivity index (χ0v) is 18.7. The SMILES string of the molecule is CCn1c(-c2nc3cc(C(=O)N4CCC[C@H](N)C4)cc(OC)c3n2C)cc2cccnc21. The Hall–Kier alpha value is -3.39. The second-order valence-electron chi connectivity index (χ2n) is 8.38. The van der Waals surface area contributed by atoms with Crippen molar-refractivity contribution in [3.8, 4) is 17.3 Å². The number of hydrogen-bond donors (Lipinski definition) is 1. The molecule has 4 heterocycles. The first-order valence-electron chi connectivity index (χ1n) is 11.1. The highest BCUT2D eigenvalue weighted by Gasteiger charge is 2.25. The van der Waals surface area contributed by atoms with E-state index in [1.54, 1.807) is 13.3 Å². The van der Waals surface area contributed by atoms with E-state index in [9.17, 15) is 4.79 Å². The summed E-state index contributed by atoms with van der Waals surface area (Å²) in [4.78, 5) is 24.5. The number of piperidine rings is 1. The van der Waals surface area contributed by atoms with Crippen molar-refractivity contribution in [3.05, 3.63) is 42.1 Å². The lowest BCUT2D eigenvalue weighted by Crippen LogP contribution is -2.45. The Morgan fingerprint density at radius 2 is 2.16 bits per heavy atom. The third-order valence-electron chi connectivity index (χ3n) is 6.35. The molecule has 4 aromatic rings. The van der Waals surface area contributed by atoms with Crippen LogP contribution in [0.15, 0.2) is 36.5 Å². The Balaban J connectivity index is 1.64. The summed E-state index contributed by atoms with van der Waals surface area (Å²) >= 11 is 0. The molecular weight excluding hydrogens is 404 g/mol. The molecule has 0 radical (unpaired) electrons. The van der Waals surface area contributed by atoms with Crippen molar-refractivity contribution in [1.82, 2.24) is 24.0 Å². The van der Waals surface area contributed by atoms with Gasteiger partial charge in [-0.1, -0.05) is 0 Å². The predicted octanol–water partition coefficient (Wildman–Crippen LogP) is 3.18. The third-order valence-corrected chi connectivity index (χ3v) is 6.35. The van der Waals surface area contributed by atoms with Gasteiger partial charge < -0.3 is 24.5 Å². The molecule has 3 aromatic heterocycles. The van der Waals surface area contributed by atoms with E-state index in [0.717, 1.165) is 59.5 Å². The van der Waals surface area contributed by atoms with Crippen LogP contribution < -0.4 is 10.5 Å². The highest BCUT2D eigenvalue weighted by molar-refractivity contribution is 6.00. The molecule has 0 saturated carbocycles. The number of aryl methyl sites for hydroxylation is 2. The third kappa shape index (κ3) is 3.22. The van der Waals surface area contributed by atoms with Crippen molar-refractivity contribution in [3.63, 3.8) is 0 Å².